The van der Waals surface area contributed by atoms with Crippen LogP contribution in [0.5, 0.6) is 0 Å². The summed E-state index contributed by atoms with van der Waals surface area (Å²) >= 11 is 1.47. The summed E-state index contributed by atoms with van der Waals surface area (Å²) in [5.74, 6) is -4.00. The molecule has 1 atom stereocenters. The zero-order valence-electron chi connectivity index (χ0n) is 10.2. The van der Waals surface area contributed by atoms with E-state index in [-0.39, 0.29) is 6.04 Å². The Balaban J connectivity index is 2.05. The second kappa shape index (κ2) is 5.46. The standard InChI is InChI=1S/C13H13F4NS/c1-8(18-7-13(16,17)12(14)15)11-6-9-4-2-3-5-10(9)19-11/h2-6,8,12,18H,7H2,1H3. The minimum absolute atomic E-state index is 0.387. The van der Waals surface area contributed by atoms with Crippen LogP contribution in [0, 0.1) is 0 Å². The number of halogens is 4. The van der Waals surface area contributed by atoms with Gasteiger partial charge in [0.15, 0.2) is 0 Å². The van der Waals surface area contributed by atoms with E-state index in [2.05, 4.69) is 5.32 Å². The number of nitrogens with one attached hydrogen (secondary N) is 1. The van der Waals surface area contributed by atoms with Crippen LogP contribution in [0.3, 0.4) is 0 Å². The third-order valence-electron chi connectivity index (χ3n) is 2.83. The molecule has 1 nitrogen and oxygen atoms in total. The molecule has 0 aliphatic carbocycles. The predicted molar refractivity (Wildman–Crippen MR) is 69.2 cm³/mol. The van der Waals surface area contributed by atoms with Crippen LogP contribution in [0.4, 0.5) is 17.6 Å². The molecule has 1 N–H and O–H groups in total. The van der Waals surface area contributed by atoms with E-state index >= 15 is 0 Å². The lowest BCUT2D eigenvalue weighted by Crippen LogP contribution is -2.39. The van der Waals surface area contributed by atoms with Crippen LogP contribution in [-0.2, 0) is 0 Å². The van der Waals surface area contributed by atoms with Crippen molar-refractivity contribution in [3.05, 3.63) is 35.2 Å². The van der Waals surface area contributed by atoms with Gasteiger partial charge in [0.05, 0.1) is 6.54 Å². The van der Waals surface area contributed by atoms with E-state index in [4.69, 9.17) is 0 Å². The van der Waals surface area contributed by atoms with Crippen LogP contribution in [0.1, 0.15) is 17.8 Å². The van der Waals surface area contributed by atoms with Gasteiger partial charge in [-0.05, 0) is 24.4 Å². The normalized spacial score (nSPS) is 14.2. The van der Waals surface area contributed by atoms with E-state index in [1.165, 1.54) is 11.3 Å². The lowest BCUT2D eigenvalue weighted by Gasteiger charge is -2.19. The van der Waals surface area contributed by atoms with E-state index in [0.717, 1.165) is 15.0 Å². The molecular formula is C13H13F4NS. The zero-order chi connectivity index (χ0) is 14.0. The van der Waals surface area contributed by atoms with Gasteiger partial charge < -0.3 is 5.32 Å². The maximum Gasteiger partial charge on any atom is 0.319 e. The lowest BCUT2D eigenvalue weighted by atomic mass is 10.2. The number of hydrogen-bond acceptors (Lipinski definition) is 2. The lowest BCUT2D eigenvalue weighted by molar-refractivity contribution is -0.126. The number of alkyl halides is 4. The van der Waals surface area contributed by atoms with Gasteiger partial charge in [-0.3, -0.25) is 0 Å². The predicted octanol–water partition coefficient (Wildman–Crippen LogP) is 4.45. The first kappa shape index (κ1) is 14.3. The average Bonchev–Trinajstić information content (AvgIpc) is 2.79. The van der Waals surface area contributed by atoms with E-state index in [1.54, 1.807) is 6.92 Å². The Bertz CT molecular complexity index is 519. The van der Waals surface area contributed by atoms with Gasteiger partial charge in [-0.15, -0.1) is 11.3 Å². The van der Waals surface area contributed by atoms with Crippen molar-refractivity contribution in [1.29, 1.82) is 0 Å². The van der Waals surface area contributed by atoms with E-state index < -0.39 is 18.9 Å². The summed E-state index contributed by atoms with van der Waals surface area (Å²) in [5, 5.41) is 3.49. The summed E-state index contributed by atoms with van der Waals surface area (Å²) in [7, 11) is 0. The van der Waals surface area contributed by atoms with Crippen molar-refractivity contribution in [2.45, 2.75) is 25.3 Å². The molecule has 1 heterocycles. The molecule has 19 heavy (non-hydrogen) atoms. The number of rotatable bonds is 5. The third kappa shape index (κ3) is 3.25. The highest BCUT2D eigenvalue weighted by atomic mass is 32.1. The molecule has 1 aromatic heterocycles. The first-order valence-electron chi connectivity index (χ1n) is 5.78. The molecule has 0 amide bonds. The Kier molecular flexibility index (Phi) is 4.10. The van der Waals surface area contributed by atoms with Crippen molar-refractivity contribution in [3.63, 3.8) is 0 Å². The van der Waals surface area contributed by atoms with Gasteiger partial charge in [0.25, 0.3) is 0 Å². The molecule has 0 aliphatic rings. The summed E-state index contributed by atoms with van der Waals surface area (Å²) in [6, 6.07) is 9.15. The molecule has 1 unspecified atom stereocenters. The summed E-state index contributed by atoms with van der Waals surface area (Å²) in [6.45, 7) is 0.659. The first-order valence-corrected chi connectivity index (χ1v) is 6.59. The van der Waals surface area contributed by atoms with Crippen molar-refractivity contribution in [2.75, 3.05) is 6.54 Å². The molecule has 0 bridgehead atoms. The van der Waals surface area contributed by atoms with Crippen LogP contribution < -0.4 is 5.32 Å². The largest absolute Gasteiger partial charge is 0.319 e. The summed E-state index contributed by atoms with van der Waals surface area (Å²) in [4.78, 5) is 0.853. The van der Waals surface area contributed by atoms with E-state index in [0.29, 0.717) is 0 Å². The molecule has 1 aromatic carbocycles. The van der Waals surface area contributed by atoms with Crippen molar-refractivity contribution in [2.24, 2.45) is 0 Å². The van der Waals surface area contributed by atoms with Gasteiger partial charge in [-0.25, -0.2) is 8.78 Å². The molecule has 6 heteroatoms. The molecule has 0 saturated carbocycles. The highest BCUT2D eigenvalue weighted by molar-refractivity contribution is 7.19. The van der Waals surface area contributed by atoms with E-state index in [1.807, 2.05) is 30.3 Å². The molecule has 2 aromatic rings. The minimum atomic E-state index is -4.00. The monoisotopic (exact) mass is 291 g/mol. The van der Waals surface area contributed by atoms with Gasteiger partial charge in [0, 0.05) is 15.6 Å². The van der Waals surface area contributed by atoms with Gasteiger partial charge in [-0.1, -0.05) is 18.2 Å². The van der Waals surface area contributed by atoms with Gasteiger partial charge in [0.1, 0.15) is 0 Å². The molecule has 2 rings (SSSR count). The van der Waals surface area contributed by atoms with Crippen molar-refractivity contribution in [1.82, 2.24) is 5.32 Å². The van der Waals surface area contributed by atoms with Crippen LogP contribution >= 0.6 is 11.3 Å². The molecule has 0 fully saturated rings. The Morgan fingerprint density at radius 1 is 1.26 bits per heavy atom. The fraction of sp³-hybridized carbons (Fsp3) is 0.385. The van der Waals surface area contributed by atoms with Crippen LogP contribution in [-0.4, -0.2) is 18.9 Å². The van der Waals surface area contributed by atoms with Crippen LogP contribution in [0.2, 0.25) is 0 Å². The number of benzene rings is 1. The minimum Gasteiger partial charge on any atom is -0.304 e. The first-order chi connectivity index (χ1) is 8.90. The van der Waals surface area contributed by atoms with Crippen molar-refractivity contribution < 1.29 is 17.6 Å². The van der Waals surface area contributed by atoms with Gasteiger partial charge in [-0.2, -0.15) is 8.78 Å². The van der Waals surface area contributed by atoms with Crippen LogP contribution in [0.15, 0.2) is 30.3 Å². The maximum absolute atomic E-state index is 12.8. The third-order valence-corrected chi connectivity index (χ3v) is 4.13. The Morgan fingerprint density at radius 2 is 1.95 bits per heavy atom. The second-order valence-electron chi connectivity index (χ2n) is 4.35. The fourth-order valence-corrected chi connectivity index (χ4v) is 2.77. The summed E-state index contributed by atoms with van der Waals surface area (Å²) in [5.41, 5.74) is 0. The Labute approximate surface area is 112 Å². The average molecular weight is 291 g/mol. The van der Waals surface area contributed by atoms with Crippen molar-refractivity contribution in [3.8, 4) is 0 Å². The second-order valence-corrected chi connectivity index (χ2v) is 5.47. The van der Waals surface area contributed by atoms with Crippen LogP contribution in [0.25, 0.3) is 10.1 Å². The van der Waals surface area contributed by atoms with Crippen molar-refractivity contribution >= 4 is 21.4 Å². The number of hydrogen-bond donors (Lipinski definition) is 1. The smallest absolute Gasteiger partial charge is 0.304 e. The summed E-state index contributed by atoms with van der Waals surface area (Å²) < 4.78 is 50.8. The molecule has 0 aliphatic heterocycles. The van der Waals surface area contributed by atoms with Gasteiger partial charge >= 0.3 is 12.3 Å². The Morgan fingerprint density at radius 3 is 2.58 bits per heavy atom. The number of fused-ring (bicyclic) bond motifs is 1. The zero-order valence-corrected chi connectivity index (χ0v) is 11.0. The Hall–Kier alpha value is -1.14. The molecule has 0 saturated heterocycles. The topological polar surface area (TPSA) is 12.0 Å². The number of thiophene rings is 1. The van der Waals surface area contributed by atoms with Gasteiger partial charge in [0.2, 0.25) is 0 Å². The molecule has 0 spiro atoms. The molecule has 0 radical (unpaired) electrons. The van der Waals surface area contributed by atoms with E-state index in [9.17, 15) is 17.6 Å². The maximum atomic E-state index is 12.8. The molecular weight excluding hydrogens is 278 g/mol. The highest BCUT2D eigenvalue weighted by Crippen LogP contribution is 2.30. The quantitative estimate of drug-likeness (QED) is 0.802. The summed E-state index contributed by atoms with van der Waals surface area (Å²) in [6.07, 6.45) is -3.64. The molecule has 104 valence electrons. The highest BCUT2D eigenvalue weighted by Gasteiger charge is 2.40. The SMILES string of the molecule is CC(NCC(F)(F)C(F)F)c1cc2ccccc2s1. The fourth-order valence-electron chi connectivity index (χ4n) is 1.68.